The van der Waals surface area contributed by atoms with Crippen molar-refractivity contribution >= 4 is 21.8 Å². The Hall–Kier alpha value is 0.160. The van der Waals surface area contributed by atoms with Gasteiger partial charge in [0.15, 0.2) is 0 Å². The molecule has 0 saturated heterocycles. The fourth-order valence-corrected chi connectivity index (χ4v) is 2.17. The lowest BCUT2D eigenvalue weighted by Crippen LogP contribution is -2.40. The van der Waals surface area contributed by atoms with Crippen molar-refractivity contribution in [1.29, 1.82) is 0 Å². The molecule has 0 aromatic heterocycles. The van der Waals surface area contributed by atoms with E-state index in [4.69, 9.17) is 11.6 Å². The molecule has 0 aliphatic heterocycles. The second-order valence-corrected chi connectivity index (χ2v) is 5.34. The van der Waals surface area contributed by atoms with Crippen molar-refractivity contribution < 1.29 is 8.42 Å². The Morgan fingerprint density at radius 1 is 1.31 bits per heavy atom. The molecule has 0 aliphatic carbocycles. The first-order valence-electron chi connectivity index (χ1n) is 4.20. The summed E-state index contributed by atoms with van der Waals surface area (Å²) in [6.45, 7) is 2.78. The average Bonchev–Trinajstić information content (AvgIpc) is 2.05. The first kappa shape index (κ1) is 13.2. The normalized spacial score (nSPS) is 12.8. The summed E-state index contributed by atoms with van der Waals surface area (Å²) in [5, 5.41) is 0. The van der Waals surface area contributed by atoms with Crippen LogP contribution in [0.2, 0.25) is 0 Å². The van der Waals surface area contributed by atoms with Crippen molar-refractivity contribution in [2.75, 3.05) is 33.1 Å². The minimum absolute atomic E-state index is 0.484. The second kappa shape index (κ2) is 5.80. The molecule has 0 bridgehead atoms. The van der Waals surface area contributed by atoms with E-state index < -0.39 is 10.2 Å². The van der Waals surface area contributed by atoms with Gasteiger partial charge < -0.3 is 0 Å². The number of halogens is 1. The Morgan fingerprint density at radius 3 is 2.15 bits per heavy atom. The minimum atomic E-state index is -3.25. The van der Waals surface area contributed by atoms with E-state index in [0.29, 0.717) is 25.4 Å². The number of alkyl halides is 1. The van der Waals surface area contributed by atoms with Crippen LogP contribution in [-0.2, 0) is 10.2 Å². The molecule has 0 heterocycles. The smallest absolute Gasteiger partial charge is 0.195 e. The topological polar surface area (TPSA) is 40.6 Å². The molecule has 0 atom stereocenters. The van der Waals surface area contributed by atoms with Gasteiger partial charge in [-0.2, -0.15) is 17.0 Å². The third kappa shape index (κ3) is 3.81. The molecule has 0 radical (unpaired) electrons. The quantitative estimate of drug-likeness (QED) is 0.630. The van der Waals surface area contributed by atoms with E-state index in [1.165, 1.54) is 22.7 Å². The van der Waals surface area contributed by atoms with E-state index in [1.807, 2.05) is 6.92 Å². The van der Waals surface area contributed by atoms with E-state index in [1.54, 1.807) is 0 Å². The van der Waals surface area contributed by atoms with Crippen LogP contribution in [0.4, 0.5) is 0 Å². The van der Waals surface area contributed by atoms with Gasteiger partial charge in [-0.25, -0.2) is 0 Å². The highest BCUT2D eigenvalue weighted by atomic mass is 35.5. The Bertz CT molecular complexity index is 229. The SMILES string of the molecule is CCN(CCCCl)S(=O)(=O)N(C)C. The van der Waals surface area contributed by atoms with Crippen LogP contribution in [0.25, 0.3) is 0 Å². The van der Waals surface area contributed by atoms with Gasteiger partial charge in [-0.15, -0.1) is 11.6 Å². The monoisotopic (exact) mass is 228 g/mol. The lowest BCUT2D eigenvalue weighted by molar-refractivity contribution is 0.387. The molecule has 6 heteroatoms. The molecule has 0 aromatic carbocycles. The molecule has 4 nitrogen and oxygen atoms in total. The van der Waals surface area contributed by atoms with Crippen molar-refractivity contribution in [1.82, 2.24) is 8.61 Å². The van der Waals surface area contributed by atoms with Crippen LogP contribution >= 0.6 is 11.6 Å². The molecule has 13 heavy (non-hydrogen) atoms. The number of rotatable bonds is 6. The van der Waals surface area contributed by atoms with Crippen LogP contribution in [0.1, 0.15) is 13.3 Å². The van der Waals surface area contributed by atoms with Gasteiger partial charge in [0.2, 0.25) is 0 Å². The molecule has 0 aliphatic rings. The van der Waals surface area contributed by atoms with Crippen molar-refractivity contribution in [3.63, 3.8) is 0 Å². The maximum absolute atomic E-state index is 11.6. The van der Waals surface area contributed by atoms with Crippen molar-refractivity contribution in [3.8, 4) is 0 Å². The maximum Gasteiger partial charge on any atom is 0.281 e. The predicted molar refractivity (Wildman–Crippen MR) is 55.2 cm³/mol. The lowest BCUT2D eigenvalue weighted by Gasteiger charge is -2.23. The van der Waals surface area contributed by atoms with Crippen LogP contribution < -0.4 is 0 Å². The zero-order valence-corrected chi connectivity index (χ0v) is 9.90. The summed E-state index contributed by atoms with van der Waals surface area (Å²) in [6.07, 6.45) is 0.683. The van der Waals surface area contributed by atoms with Gasteiger partial charge >= 0.3 is 0 Å². The second-order valence-electron chi connectivity index (χ2n) is 2.82. The molecule has 0 rings (SSSR count). The van der Waals surface area contributed by atoms with Crippen LogP contribution in [0.3, 0.4) is 0 Å². The number of hydrogen-bond donors (Lipinski definition) is 0. The third-order valence-corrected chi connectivity index (χ3v) is 3.97. The number of nitrogens with zero attached hydrogens (tertiary/aromatic N) is 2. The Kier molecular flexibility index (Phi) is 5.87. The highest BCUT2D eigenvalue weighted by Crippen LogP contribution is 2.04. The largest absolute Gasteiger partial charge is 0.281 e. The summed E-state index contributed by atoms with van der Waals surface area (Å²) >= 11 is 5.50. The van der Waals surface area contributed by atoms with Crippen molar-refractivity contribution in [3.05, 3.63) is 0 Å². The van der Waals surface area contributed by atoms with Crippen LogP contribution in [0.15, 0.2) is 0 Å². The molecule has 0 N–H and O–H groups in total. The third-order valence-electron chi connectivity index (χ3n) is 1.68. The van der Waals surface area contributed by atoms with Gasteiger partial charge in [0.1, 0.15) is 0 Å². The van der Waals surface area contributed by atoms with Crippen LogP contribution in [0, 0.1) is 0 Å². The first-order valence-corrected chi connectivity index (χ1v) is 6.13. The maximum atomic E-state index is 11.6. The minimum Gasteiger partial charge on any atom is -0.195 e. The fourth-order valence-electron chi connectivity index (χ4n) is 0.904. The Balaban J connectivity index is 4.39. The van der Waals surface area contributed by atoms with Gasteiger partial charge in [0, 0.05) is 33.1 Å². The summed E-state index contributed by atoms with van der Waals surface area (Å²) in [4.78, 5) is 0. The molecule has 0 aromatic rings. The molecule has 0 amide bonds. The van der Waals surface area contributed by atoms with Crippen molar-refractivity contribution in [2.24, 2.45) is 0 Å². The Morgan fingerprint density at radius 2 is 1.85 bits per heavy atom. The summed E-state index contributed by atoms with van der Waals surface area (Å²) in [5.74, 6) is 0.486. The predicted octanol–water partition coefficient (Wildman–Crippen LogP) is 0.744. The zero-order chi connectivity index (χ0) is 10.5. The molecule has 80 valence electrons. The van der Waals surface area contributed by atoms with Crippen LogP contribution in [0.5, 0.6) is 0 Å². The van der Waals surface area contributed by atoms with Gasteiger partial charge in [0.25, 0.3) is 10.2 Å². The molecular weight excluding hydrogens is 212 g/mol. The van der Waals surface area contributed by atoms with E-state index in [9.17, 15) is 8.42 Å². The highest BCUT2D eigenvalue weighted by molar-refractivity contribution is 7.86. The Labute approximate surface area is 85.6 Å². The van der Waals surface area contributed by atoms with Gasteiger partial charge in [-0.1, -0.05) is 6.92 Å². The van der Waals surface area contributed by atoms with E-state index >= 15 is 0 Å². The fraction of sp³-hybridized carbons (Fsp3) is 1.00. The zero-order valence-electron chi connectivity index (χ0n) is 8.33. The van der Waals surface area contributed by atoms with Gasteiger partial charge in [0.05, 0.1) is 0 Å². The number of hydrogen-bond acceptors (Lipinski definition) is 2. The summed E-state index contributed by atoms with van der Waals surface area (Å²) in [5.41, 5.74) is 0. The van der Waals surface area contributed by atoms with Crippen LogP contribution in [-0.4, -0.2) is 50.1 Å². The standard InChI is InChI=1S/C7H17ClN2O2S/c1-4-10(7-5-6-8)13(11,12)9(2)3/h4-7H2,1-3H3. The van der Waals surface area contributed by atoms with E-state index in [2.05, 4.69) is 0 Å². The van der Waals surface area contributed by atoms with Gasteiger partial charge in [-0.3, -0.25) is 0 Å². The first-order chi connectivity index (χ1) is 5.96. The van der Waals surface area contributed by atoms with E-state index in [0.717, 1.165) is 0 Å². The highest BCUT2D eigenvalue weighted by Gasteiger charge is 2.21. The lowest BCUT2D eigenvalue weighted by atomic mass is 10.5. The van der Waals surface area contributed by atoms with Crippen molar-refractivity contribution in [2.45, 2.75) is 13.3 Å². The molecule has 0 fully saturated rings. The summed E-state index contributed by atoms with van der Waals surface area (Å²) in [6, 6.07) is 0. The molecule has 0 saturated carbocycles. The summed E-state index contributed by atoms with van der Waals surface area (Å²) < 4.78 is 25.8. The molecule has 0 spiro atoms. The average molecular weight is 229 g/mol. The van der Waals surface area contributed by atoms with Gasteiger partial charge in [-0.05, 0) is 6.42 Å². The molecule has 0 unspecified atom stereocenters. The molecular formula is C7H17ClN2O2S. The van der Waals surface area contributed by atoms with E-state index in [-0.39, 0.29) is 0 Å². The summed E-state index contributed by atoms with van der Waals surface area (Å²) in [7, 11) is -0.200.